The number of nitrogens with one attached hydrogen (secondary N) is 2. The van der Waals surface area contributed by atoms with E-state index in [9.17, 15) is 4.79 Å². The van der Waals surface area contributed by atoms with Crippen LogP contribution >= 0.6 is 0 Å². The summed E-state index contributed by atoms with van der Waals surface area (Å²) >= 11 is 0. The average Bonchev–Trinajstić information content (AvgIpc) is 2.50. The van der Waals surface area contributed by atoms with Gasteiger partial charge in [0.15, 0.2) is 0 Å². The van der Waals surface area contributed by atoms with Crippen LogP contribution < -0.4 is 16.4 Å². The molecule has 0 saturated heterocycles. The molecule has 4 nitrogen and oxygen atoms in total. The van der Waals surface area contributed by atoms with Crippen molar-refractivity contribution in [2.75, 3.05) is 11.9 Å². The standard InChI is InChI=1S/C17H27N3O/c1-13-2-4-14(5-3-13)10-11-19-17(21)20-16-8-6-15(12-18)7-9-16/h6-9,13-14H,2-5,10-12,18H2,1H3,(H2,19,20,21). The summed E-state index contributed by atoms with van der Waals surface area (Å²) in [6.07, 6.45) is 6.39. The summed E-state index contributed by atoms with van der Waals surface area (Å²) in [5, 5.41) is 5.79. The number of anilines is 1. The molecule has 21 heavy (non-hydrogen) atoms. The van der Waals surface area contributed by atoms with Crippen molar-refractivity contribution in [3.05, 3.63) is 29.8 Å². The minimum atomic E-state index is -0.125. The third kappa shape index (κ3) is 5.38. The second-order valence-corrected chi connectivity index (χ2v) is 6.20. The molecule has 0 aromatic heterocycles. The van der Waals surface area contributed by atoms with Gasteiger partial charge in [0.1, 0.15) is 0 Å². The van der Waals surface area contributed by atoms with Crippen molar-refractivity contribution in [2.24, 2.45) is 17.6 Å². The van der Waals surface area contributed by atoms with Gasteiger partial charge in [-0.05, 0) is 36.0 Å². The van der Waals surface area contributed by atoms with Crippen LogP contribution in [-0.2, 0) is 6.54 Å². The van der Waals surface area contributed by atoms with E-state index in [-0.39, 0.29) is 6.03 Å². The number of hydrogen-bond donors (Lipinski definition) is 3. The summed E-state index contributed by atoms with van der Waals surface area (Å²) in [6, 6.07) is 7.49. The summed E-state index contributed by atoms with van der Waals surface area (Å²) in [6.45, 7) is 3.61. The van der Waals surface area contributed by atoms with E-state index in [2.05, 4.69) is 17.6 Å². The van der Waals surface area contributed by atoms with Crippen LogP contribution in [0.1, 0.15) is 44.6 Å². The highest BCUT2D eigenvalue weighted by Gasteiger charge is 2.17. The monoisotopic (exact) mass is 289 g/mol. The number of carbonyl (C=O) groups excluding carboxylic acids is 1. The summed E-state index contributed by atoms with van der Waals surface area (Å²) < 4.78 is 0. The van der Waals surface area contributed by atoms with Crippen LogP contribution in [0, 0.1) is 11.8 Å². The number of amides is 2. The maximum atomic E-state index is 11.8. The molecule has 2 amide bonds. The number of benzene rings is 1. The summed E-state index contributed by atoms with van der Waals surface area (Å²) in [5.74, 6) is 1.67. The van der Waals surface area contributed by atoms with Gasteiger partial charge in [-0.1, -0.05) is 44.7 Å². The molecule has 1 saturated carbocycles. The second kappa shape index (κ2) is 8.03. The van der Waals surface area contributed by atoms with Gasteiger partial charge in [-0.2, -0.15) is 0 Å². The van der Waals surface area contributed by atoms with Gasteiger partial charge < -0.3 is 16.4 Å². The fraction of sp³-hybridized carbons (Fsp3) is 0.588. The number of carbonyl (C=O) groups is 1. The van der Waals surface area contributed by atoms with E-state index in [0.29, 0.717) is 6.54 Å². The lowest BCUT2D eigenvalue weighted by Gasteiger charge is -2.26. The van der Waals surface area contributed by atoms with Crippen molar-refractivity contribution in [3.63, 3.8) is 0 Å². The lowest BCUT2D eigenvalue weighted by atomic mass is 9.81. The van der Waals surface area contributed by atoms with Gasteiger partial charge in [0.2, 0.25) is 0 Å². The predicted octanol–water partition coefficient (Wildman–Crippen LogP) is 3.48. The highest BCUT2D eigenvalue weighted by atomic mass is 16.2. The molecule has 1 aliphatic rings. The first kappa shape index (κ1) is 15.8. The molecule has 0 radical (unpaired) electrons. The van der Waals surface area contributed by atoms with Gasteiger partial charge in [-0.25, -0.2) is 4.79 Å². The number of rotatable bonds is 5. The third-order valence-electron chi connectivity index (χ3n) is 4.42. The Hall–Kier alpha value is -1.55. The Labute approximate surface area is 127 Å². The quantitative estimate of drug-likeness (QED) is 0.777. The Morgan fingerprint density at radius 2 is 1.86 bits per heavy atom. The van der Waals surface area contributed by atoms with Crippen LogP contribution in [0.2, 0.25) is 0 Å². The molecule has 4 heteroatoms. The van der Waals surface area contributed by atoms with Crippen molar-refractivity contribution >= 4 is 11.7 Å². The highest BCUT2D eigenvalue weighted by Crippen LogP contribution is 2.29. The van der Waals surface area contributed by atoms with Crippen molar-refractivity contribution in [3.8, 4) is 0 Å². The van der Waals surface area contributed by atoms with E-state index in [1.54, 1.807) is 0 Å². The zero-order valence-electron chi connectivity index (χ0n) is 12.9. The van der Waals surface area contributed by atoms with E-state index in [0.717, 1.165) is 36.1 Å². The molecule has 4 N–H and O–H groups in total. The van der Waals surface area contributed by atoms with Gasteiger partial charge >= 0.3 is 6.03 Å². The predicted molar refractivity (Wildman–Crippen MR) is 87.1 cm³/mol. The Morgan fingerprint density at radius 3 is 2.48 bits per heavy atom. The molecular formula is C17H27N3O. The van der Waals surface area contributed by atoms with Crippen LogP contribution in [0.25, 0.3) is 0 Å². The Kier molecular flexibility index (Phi) is 6.05. The maximum absolute atomic E-state index is 11.8. The molecule has 0 spiro atoms. The summed E-state index contributed by atoms with van der Waals surface area (Å²) in [4.78, 5) is 11.8. The van der Waals surface area contributed by atoms with Gasteiger partial charge in [-0.3, -0.25) is 0 Å². The molecule has 0 atom stereocenters. The van der Waals surface area contributed by atoms with E-state index < -0.39 is 0 Å². The fourth-order valence-corrected chi connectivity index (χ4v) is 2.91. The van der Waals surface area contributed by atoms with Crippen LogP contribution in [0.15, 0.2) is 24.3 Å². The highest BCUT2D eigenvalue weighted by molar-refractivity contribution is 5.89. The normalized spacial score (nSPS) is 21.8. The van der Waals surface area contributed by atoms with Crippen LogP contribution in [0.3, 0.4) is 0 Å². The van der Waals surface area contributed by atoms with E-state index in [1.807, 2.05) is 24.3 Å². The smallest absolute Gasteiger partial charge is 0.319 e. The average molecular weight is 289 g/mol. The van der Waals surface area contributed by atoms with Gasteiger partial charge in [0.25, 0.3) is 0 Å². The molecule has 0 aliphatic heterocycles. The van der Waals surface area contributed by atoms with E-state index in [4.69, 9.17) is 5.73 Å². The maximum Gasteiger partial charge on any atom is 0.319 e. The number of hydrogen-bond acceptors (Lipinski definition) is 2. The fourth-order valence-electron chi connectivity index (χ4n) is 2.91. The SMILES string of the molecule is CC1CCC(CCNC(=O)Nc2ccc(CN)cc2)CC1. The Morgan fingerprint density at radius 1 is 1.19 bits per heavy atom. The van der Waals surface area contributed by atoms with Crippen LogP contribution in [0.5, 0.6) is 0 Å². The molecule has 1 aliphatic carbocycles. The minimum Gasteiger partial charge on any atom is -0.338 e. The molecule has 0 bridgehead atoms. The lowest BCUT2D eigenvalue weighted by Crippen LogP contribution is -2.31. The van der Waals surface area contributed by atoms with E-state index in [1.165, 1.54) is 25.7 Å². The Bertz CT molecular complexity index is 436. The molecule has 0 unspecified atom stereocenters. The van der Waals surface area contributed by atoms with Crippen molar-refractivity contribution in [1.82, 2.24) is 5.32 Å². The first-order valence-electron chi connectivity index (χ1n) is 8.01. The van der Waals surface area contributed by atoms with Crippen molar-refractivity contribution < 1.29 is 4.79 Å². The molecule has 1 aromatic carbocycles. The summed E-state index contributed by atoms with van der Waals surface area (Å²) in [7, 11) is 0. The van der Waals surface area contributed by atoms with E-state index >= 15 is 0 Å². The Balaban J connectivity index is 1.65. The molecule has 2 rings (SSSR count). The molecule has 0 heterocycles. The lowest BCUT2D eigenvalue weighted by molar-refractivity contribution is 0.247. The van der Waals surface area contributed by atoms with Crippen molar-refractivity contribution in [2.45, 2.75) is 45.6 Å². The van der Waals surface area contributed by atoms with Gasteiger partial charge in [0.05, 0.1) is 0 Å². The zero-order valence-corrected chi connectivity index (χ0v) is 12.9. The van der Waals surface area contributed by atoms with Crippen LogP contribution in [-0.4, -0.2) is 12.6 Å². The first-order chi connectivity index (χ1) is 10.2. The zero-order chi connectivity index (χ0) is 15.1. The number of urea groups is 1. The van der Waals surface area contributed by atoms with Gasteiger partial charge in [-0.15, -0.1) is 0 Å². The van der Waals surface area contributed by atoms with Crippen molar-refractivity contribution in [1.29, 1.82) is 0 Å². The first-order valence-corrected chi connectivity index (χ1v) is 8.01. The molecule has 1 aromatic rings. The third-order valence-corrected chi connectivity index (χ3v) is 4.42. The minimum absolute atomic E-state index is 0.125. The topological polar surface area (TPSA) is 67.2 Å². The van der Waals surface area contributed by atoms with Crippen LogP contribution in [0.4, 0.5) is 10.5 Å². The second-order valence-electron chi connectivity index (χ2n) is 6.20. The number of nitrogens with two attached hydrogens (primary N) is 1. The summed E-state index contributed by atoms with van der Waals surface area (Å²) in [5.41, 5.74) is 7.41. The van der Waals surface area contributed by atoms with Gasteiger partial charge in [0, 0.05) is 18.8 Å². The largest absolute Gasteiger partial charge is 0.338 e. The molecule has 116 valence electrons. The molecule has 1 fully saturated rings. The molecular weight excluding hydrogens is 262 g/mol.